The molecule has 0 saturated heterocycles. The minimum Gasteiger partial charge on any atom is -0.334 e. The maximum Gasteiger partial charge on any atom is 0.319 e. The van der Waals surface area contributed by atoms with Gasteiger partial charge in [0, 0.05) is 36.9 Å². The van der Waals surface area contributed by atoms with Crippen LogP contribution >= 0.6 is 0 Å². The first kappa shape index (κ1) is 18.7. The maximum absolute atomic E-state index is 12.9. The van der Waals surface area contributed by atoms with Gasteiger partial charge in [-0.15, -0.1) is 0 Å². The van der Waals surface area contributed by atoms with Crippen LogP contribution < -0.4 is 15.5 Å². The highest BCUT2D eigenvalue weighted by molar-refractivity contribution is 6.06. The standard InChI is InChI=1S/C23H22N4O2/c28-22(19-8-4-12-24-16-19)27-13-5-9-18-14-20(10-11-21(18)27)26-23(29)25-15-17-6-2-1-3-7-17/h1-4,6-8,10-12,14,16H,5,9,13,15H2,(H2,25,26,29). The quantitative estimate of drug-likeness (QED) is 0.712. The van der Waals surface area contributed by atoms with Crippen LogP contribution in [0.3, 0.4) is 0 Å². The summed E-state index contributed by atoms with van der Waals surface area (Å²) < 4.78 is 0. The fourth-order valence-corrected chi connectivity index (χ4v) is 3.48. The Hall–Kier alpha value is -3.67. The van der Waals surface area contributed by atoms with E-state index in [2.05, 4.69) is 15.6 Å². The number of pyridine rings is 1. The molecule has 0 spiro atoms. The third kappa shape index (κ3) is 4.43. The molecule has 6 heteroatoms. The third-order valence-electron chi connectivity index (χ3n) is 4.91. The van der Waals surface area contributed by atoms with Gasteiger partial charge in [0.2, 0.25) is 0 Å². The van der Waals surface area contributed by atoms with Crippen molar-refractivity contribution in [2.75, 3.05) is 16.8 Å². The number of aryl methyl sites for hydroxylation is 1. The highest BCUT2D eigenvalue weighted by atomic mass is 16.2. The molecule has 0 bridgehead atoms. The largest absolute Gasteiger partial charge is 0.334 e. The highest BCUT2D eigenvalue weighted by Gasteiger charge is 2.24. The summed E-state index contributed by atoms with van der Waals surface area (Å²) in [6, 6.07) is 18.7. The Morgan fingerprint density at radius 2 is 1.90 bits per heavy atom. The monoisotopic (exact) mass is 386 g/mol. The normalized spacial score (nSPS) is 12.8. The van der Waals surface area contributed by atoms with Gasteiger partial charge in [0.05, 0.1) is 5.56 Å². The molecule has 2 aromatic carbocycles. The number of amides is 3. The van der Waals surface area contributed by atoms with Crippen LogP contribution in [-0.4, -0.2) is 23.5 Å². The third-order valence-corrected chi connectivity index (χ3v) is 4.91. The van der Waals surface area contributed by atoms with Crippen molar-refractivity contribution in [1.29, 1.82) is 0 Å². The molecule has 0 fully saturated rings. The van der Waals surface area contributed by atoms with E-state index in [0.29, 0.717) is 24.3 Å². The van der Waals surface area contributed by atoms with Crippen LogP contribution in [0.25, 0.3) is 0 Å². The minimum absolute atomic E-state index is 0.0552. The van der Waals surface area contributed by atoms with Gasteiger partial charge in [-0.1, -0.05) is 30.3 Å². The number of carbonyl (C=O) groups is 2. The predicted molar refractivity (Wildman–Crippen MR) is 113 cm³/mol. The average molecular weight is 386 g/mol. The summed E-state index contributed by atoms with van der Waals surface area (Å²) in [4.78, 5) is 30.9. The smallest absolute Gasteiger partial charge is 0.319 e. The van der Waals surface area contributed by atoms with Crippen LogP contribution in [0.1, 0.15) is 27.9 Å². The van der Waals surface area contributed by atoms with E-state index in [0.717, 1.165) is 29.7 Å². The second-order valence-corrected chi connectivity index (χ2v) is 6.94. The van der Waals surface area contributed by atoms with Crippen LogP contribution in [0.2, 0.25) is 0 Å². The second kappa shape index (κ2) is 8.56. The van der Waals surface area contributed by atoms with Gasteiger partial charge in [-0.05, 0) is 54.3 Å². The van der Waals surface area contributed by atoms with Crippen LogP contribution in [-0.2, 0) is 13.0 Å². The number of aromatic nitrogens is 1. The minimum atomic E-state index is -0.257. The molecule has 1 aliphatic heterocycles. The Labute approximate surface area is 169 Å². The molecule has 3 amide bonds. The molecular weight excluding hydrogens is 364 g/mol. The fourth-order valence-electron chi connectivity index (χ4n) is 3.48. The first-order chi connectivity index (χ1) is 14.2. The average Bonchev–Trinajstić information content (AvgIpc) is 2.78. The molecule has 1 aliphatic rings. The number of carbonyl (C=O) groups excluding carboxylic acids is 2. The Morgan fingerprint density at radius 1 is 1.03 bits per heavy atom. The topological polar surface area (TPSA) is 74.3 Å². The number of benzene rings is 2. The van der Waals surface area contributed by atoms with E-state index in [1.165, 1.54) is 0 Å². The summed E-state index contributed by atoms with van der Waals surface area (Å²) in [6.45, 7) is 1.13. The van der Waals surface area contributed by atoms with Gasteiger partial charge in [0.15, 0.2) is 0 Å². The molecule has 2 heterocycles. The molecular formula is C23H22N4O2. The molecule has 29 heavy (non-hydrogen) atoms. The Morgan fingerprint density at radius 3 is 2.69 bits per heavy atom. The highest BCUT2D eigenvalue weighted by Crippen LogP contribution is 2.30. The summed E-state index contributed by atoms with van der Waals surface area (Å²) in [6.07, 6.45) is 4.99. The zero-order chi connectivity index (χ0) is 20.1. The first-order valence-corrected chi connectivity index (χ1v) is 9.64. The van der Waals surface area contributed by atoms with E-state index in [1.54, 1.807) is 29.4 Å². The number of rotatable bonds is 4. The number of fused-ring (bicyclic) bond motifs is 1. The summed E-state index contributed by atoms with van der Waals surface area (Å²) in [5.41, 5.74) is 4.26. The number of hydrogen-bond donors (Lipinski definition) is 2. The SMILES string of the molecule is O=C(NCc1ccccc1)Nc1ccc2c(c1)CCCN2C(=O)c1cccnc1. The summed E-state index contributed by atoms with van der Waals surface area (Å²) in [7, 11) is 0. The number of anilines is 2. The molecule has 0 radical (unpaired) electrons. The van der Waals surface area contributed by atoms with Crippen molar-refractivity contribution in [3.63, 3.8) is 0 Å². The van der Waals surface area contributed by atoms with E-state index in [4.69, 9.17) is 0 Å². The van der Waals surface area contributed by atoms with Crippen LogP contribution in [0, 0.1) is 0 Å². The lowest BCUT2D eigenvalue weighted by Crippen LogP contribution is -2.35. The molecule has 0 atom stereocenters. The fraction of sp³-hybridized carbons (Fsp3) is 0.174. The van der Waals surface area contributed by atoms with Crippen LogP contribution in [0.15, 0.2) is 73.1 Å². The molecule has 0 unspecified atom stereocenters. The number of hydrogen-bond acceptors (Lipinski definition) is 3. The van der Waals surface area contributed by atoms with E-state index in [-0.39, 0.29) is 11.9 Å². The van der Waals surface area contributed by atoms with E-state index < -0.39 is 0 Å². The lowest BCUT2D eigenvalue weighted by Gasteiger charge is -2.30. The molecule has 0 aliphatic carbocycles. The number of urea groups is 1. The lowest BCUT2D eigenvalue weighted by atomic mass is 10.00. The molecule has 0 saturated carbocycles. The second-order valence-electron chi connectivity index (χ2n) is 6.94. The maximum atomic E-state index is 12.9. The van der Waals surface area contributed by atoms with Crippen molar-refractivity contribution in [2.45, 2.75) is 19.4 Å². The van der Waals surface area contributed by atoms with Gasteiger partial charge in [-0.25, -0.2) is 4.79 Å². The van der Waals surface area contributed by atoms with E-state index in [1.807, 2.05) is 48.5 Å². The summed E-state index contributed by atoms with van der Waals surface area (Å²) in [5, 5.41) is 5.73. The van der Waals surface area contributed by atoms with Gasteiger partial charge >= 0.3 is 6.03 Å². The van der Waals surface area contributed by atoms with Crippen LogP contribution in [0.4, 0.5) is 16.2 Å². The van der Waals surface area contributed by atoms with Crippen molar-refractivity contribution in [2.24, 2.45) is 0 Å². The molecule has 146 valence electrons. The predicted octanol–water partition coefficient (Wildman–Crippen LogP) is 4.00. The van der Waals surface area contributed by atoms with Crippen LogP contribution in [0.5, 0.6) is 0 Å². The van der Waals surface area contributed by atoms with Crippen molar-refractivity contribution in [3.05, 3.63) is 89.7 Å². The van der Waals surface area contributed by atoms with Crippen molar-refractivity contribution in [1.82, 2.24) is 10.3 Å². The van der Waals surface area contributed by atoms with E-state index >= 15 is 0 Å². The Kier molecular flexibility index (Phi) is 5.52. The van der Waals surface area contributed by atoms with Gasteiger partial charge in [0.1, 0.15) is 0 Å². The summed E-state index contributed by atoms with van der Waals surface area (Å²) in [5.74, 6) is -0.0552. The molecule has 2 N–H and O–H groups in total. The zero-order valence-corrected chi connectivity index (χ0v) is 16.0. The van der Waals surface area contributed by atoms with Crippen molar-refractivity contribution >= 4 is 23.3 Å². The molecule has 6 nitrogen and oxygen atoms in total. The first-order valence-electron chi connectivity index (χ1n) is 9.64. The number of nitrogens with one attached hydrogen (secondary N) is 2. The molecule has 1 aromatic heterocycles. The molecule has 3 aromatic rings. The van der Waals surface area contributed by atoms with Gasteiger partial charge in [-0.3, -0.25) is 9.78 Å². The van der Waals surface area contributed by atoms with Gasteiger partial charge in [-0.2, -0.15) is 0 Å². The van der Waals surface area contributed by atoms with E-state index in [9.17, 15) is 9.59 Å². The Balaban J connectivity index is 1.44. The van der Waals surface area contributed by atoms with Gasteiger partial charge in [0.25, 0.3) is 5.91 Å². The Bertz CT molecular complexity index is 1010. The van der Waals surface area contributed by atoms with Gasteiger partial charge < -0.3 is 15.5 Å². The molecule has 4 rings (SSSR count). The van der Waals surface area contributed by atoms with Crippen molar-refractivity contribution < 1.29 is 9.59 Å². The summed E-state index contributed by atoms with van der Waals surface area (Å²) >= 11 is 0. The number of nitrogens with zero attached hydrogens (tertiary/aromatic N) is 2. The zero-order valence-electron chi connectivity index (χ0n) is 16.0. The van der Waals surface area contributed by atoms with Crippen molar-refractivity contribution in [3.8, 4) is 0 Å². The lowest BCUT2D eigenvalue weighted by molar-refractivity contribution is 0.0984.